The molecule has 0 saturated heterocycles. The van der Waals surface area contributed by atoms with Crippen LogP contribution in [0, 0.1) is 0 Å². The second-order valence-electron chi connectivity index (χ2n) is 3.81. The van der Waals surface area contributed by atoms with Crippen molar-refractivity contribution < 1.29 is 29.0 Å². The Hall–Kier alpha value is -2.29. The smallest absolute Gasteiger partial charge is 0.374 e. The fourth-order valence-corrected chi connectivity index (χ4v) is 2.19. The highest BCUT2D eigenvalue weighted by molar-refractivity contribution is 8.03. The number of aromatic amines is 1. The van der Waals surface area contributed by atoms with Crippen molar-refractivity contribution in [3.63, 3.8) is 0 Å². The first kappa shape index (κ1) is 17.8. The highest BCUT2D eigenvalue weighted by Crippen LogP contribution is 2.29. The van der Waals surface area contributed by atoms with Crippen LogP contribution in [0.15, 0.2) is 28.2 Å². The number of hydrogen-bond acceptors (Lipinski definition) is 8. The Kier molecular flexibility index (Phi) is 7.17. The maximum Gasteiger partial charge on any atom is 0.374 e. The number of thioether (sulfide) groups is 1. The number of carbonyl (C=O) groups excluding carboxylic acids is 3. The van der Waals surface area contributed by atoms with E-state index in [0.29, 0.717) is 5.16 Å². The molecule has 1 heterocycles. The fourth-order valence-electron chi connectivity index (χ4n) is 1.33. The van der Waals surface area contributed by atoms with Gasteiger partial charge < -0.3 is 19.6 Å². The fraction of sp³-hybridized carbons (Fsp3) is 0.385. The number of ketones is 1. The minimum absolute atomic E-state index is 0.0496. The summed E-state index contributed by atoms with van der Waals surface area (Å²) in [5.41, 5.74) is 0. The summed E-state index contributed by atoms with van der Waals surface area (Å²) in [4.78, 5) is 41.3. The van der Waals surface area contributed by atoms with Crippen molar-refractivity contribution in [3.8, 4) is 0 Å². The Morgan fingerprint density at radius 2 is 1.86 bits per heavy atom. The molecule has 0 bridgehead atoms. The average Bonchev–Trinajstić information content (AvgIpc) is 2.99. The van der Waals surface area contributed by atoms with Gasteiger partial charge in [0, 0.05) is 12.4 Å². The lowest BCUT2D eigenvalue weighted by Crippen LogP contribution is -2.19. The van der Waals surface area contributed by atoms with Crippen LogP contribution in [0.4, 0.5) is 0 Å². The van der Waals surface area contributed by atoms with Crippen LogP contribution < -0.4 is 0 Å². The molecule has 0 fully saturated rings. The van der Waals surface area contributed by atoms with E-state index in [9.17, 15) is 19.5 Å². The van der Waals surface area contributed by atoms with Gasteiger partial charge in [-0.25, -0.2) is 14.6 Å². The van der Waals surface area contributed by atoms with E-state index >= 15 is 0 Å². The van der Waals surface area contributed by atoms with Crippen molar-refractivity contribution in [1.29, 1.82) is 0 Å². The first-order valence-electron chi connectivity index (χ1n) is 6.45. The third-order valence-corrected chi connectivity index (χ3v) is 3.25. The van der Waals surface area contributed by atoms with Gasteiger partial charge in [0.15, 0.2) is 5.16 Å². The first-order chi connectivity index (χ1) is 10.5. The van der Waals surface area contributed by atoms with Crippen molar-refractivity contribution >= 4 is 29.5 Å². The van der Waals surface area contributed by atoms with Gasteiger partial charge in [0.05, 0.1) is 24.5 Å². The Labute approximate surface area is 130 Å². The number of nitrogens with zero attached hydrogens (tertiary/aromatic N) is 1. The molecule has 120 valence electrons. The molecule has 0 atom stereocenters. The third-order valence-electron chi connectivity index (χ3n) is 2.25. The Bertz CT molecular complexity index is 567. The molecule has 0 amide bonds. The van der Waals surface area contributed by atoms with E-state index in [1.165, 1.54) is 12.4 Å². The average molecular weight is 328 g/mol. The van der Waals surface area contributed by atoms with E-state index in [1.807, 2.05) is 0 Å². The molecular formula is C13H16N2O6S. The molecule has 0 aliphatic rings. The molecule has 0 aliphatic carbocycles. The molecule has 0 aromatic carbocycles. The second-order valence-corrected chi connectivity index (χ2v) is 4.89. The van der Waals surface area contributed by atoms with Crippen LogP contribution in [0.1, 0.15) is 20.3 Å². The van der Waals surface area contributed by atoms with E-state index in [4.69, 9.17) is 0 Å². The summed E-state index contributed by atoms with van der Waals surface area (Å²) in [6, 6.07) is 0. The summed E-state index contributed by atoms with van der Waals surface area (Å²) in [6.07, 6.45) is 2.51. The number of carbonyl (C=O) groups is 3. The van der Waals surface area contributed by atoms with E-state index in [1.54, 1.807) is 13.8 Å². The predicted octanol–water partition coefficient (Wildman–Crippen LogP) is 1.36. The van der Waals surface area contributed by atoms with Gasteiger partial charge >= 0.3 is 11.9 Å². The van der Waals surface area contributed by atoms with Crippen molar-refractivity contribution in [2.75, 3.05) is 13.2 Å². The molecule has 1 rings (SSSR count). The minimum Gasteiger partial charge on any atom is -0.501 e. The zero-order chi connectivity index (χ0) is 16.5. The number of aliphatic hydroxyl groups is 1. The molecule has 0 aliphatic heterocycles. The molecule has 8 nitrogen and oxygen atoms in total. The van der Waals surface area contributed by atoms with Crippen LogP contribution in [0.25, 0.3) is 0 Å². The number of nitrogens with one attached hydrogen (secondary N) is 1. The number of ether oxygens (including phenoxy) is 2. The number of H-pyrrole nitrogens is 1. The number of hydrogen-bond donors (Lipinski definition) is 2. The van der Waals surface area contributed by atoms with Gasteiger partial charge in [-0.15, -0.1) is 0 Å². The SMILES string of the molecule is CCOC(=O)C(=O)CC(Sc1ncc[nH]1)=C(O)C(=O)OCC. The van der Waals surface area contributed by atoms with E-state index in [2.05, 4.69) is 19.4 Å². The maximum absolute atomic E-state index is 11.7. The van der Waals surface area contributed by atoms with Gasteiger partial charge in [0.2, 0.25) is 11.5 Å². The van der Waals surface area contributed by atoms with E-state index in [0.717, 1.165) is 11.8 Å². The Balaban J connectivity index is 2.95. The van der Waals surface area contributed by atoms with Gasteiger partial charge in [0.25, 0.3) is 0 Å². The zero-order valence-corrected chi connectivity index (χ0v) is 12.9. The summed E-state index contributed by atoms with van der Waals surface area (Å²) in [6.45, 7) is 3.26. The molecule has 1 aromatic heterocycles. The Morgan fingerprint density at radius 1 is 1.23 bits per heavy atom. The van der Waals surface area contributed by atoms with Crippen LogP contribution in [-0.2, 0) is 23.9 Å². The quantitative estimate of drug-likeness (QED) is 0.241. The molecular weight excluding hydrogens is 312 g/mol. The highest BCUT2D eigenvalue weighted by atomic mass is 32.2. The van der Waals surface area contributed by atoms with Gasteiger partial charge in [-0.3, -0.25) is 4.79 Å². The van der Waals surface area contributed by atoms with Crippen LogP contribution >= 0.6 is 11.8 Å². The van der Waals surface area contributed by atoms with Crippen LogP contribution in [0.2, 0.25) is 0 Å². The van der Waals surface area contributed by atoms with Crippen molar-refractivity contribution in [2.24, 2.45) is 0 Å². The number of allylic oxidation sites excluding steroid dienone is 1. The highest BCUT2D eigenvalue weighted by Gasteiger charge is 2.24. The largest absolute Gasteiger partial charge is 0.501 e. The number of imidazole rings is 1. The van der Waals surface area contributed by atoms with E-state index < -0.39 is 29.9 Å². The van der Waals surface area contributed by atoms with Gasteiger partial charge in [0.1, 0.15) is 0 Å². The number of rotatable bonds is 8. The van der Waals surface area contributed by atoms with Crippen molar-refractivity contribution in [3.05, 3.63) is 23.1 Å². The lowest BCUT2D eigenvalue weighted by atomic mass is 10.2. The summed E-state index contributed by atoms with van der Waals surface area (Å²) in [5, 5.41) is 10.3. The second kappa shape index (κ2) is 8.88. The topological polar surface area (TPSA) is 119 Å². The van der Waals surface area contributed by atoms with Gasteiger partial charge in [-0.2, -0.15) is 0 Å². The Morgan fingerprint density at radius 3 is 2.41 bits per heavy atom. The lowest BCUT2D eigenvalue weighted by molar-refractivity contribution is -0.153. The number of aliphatic hydroxyl groups excluding tert-OH is 1. The van der Waals surface area contributed by atoms with Crippen LogP contribution in [0.3, 0.4) is 0 Å². The van der Waals surface area contributed by atoms with Gasteiger partial charge in [-0.1, -0.05) is 11.8 Å². The minimum atomic E-state index is -1.03. The number of esters is 2. The molecule has 9 heteroatoms. The maximum atomic E-state index is 11.7. The summed E-state index contributed by atoms with van der Waals surface area (Å²) < 4.78 is 9.26. The van der Waals surface area contributed by atoms with Crippen molar-refractivity contribution in [2.45, 2.75) is 25.4 Å². The van der Waals surface area contributed by atoms with Crippen LogP contribution in [-0.4, -0.2) is 46.0 Å². The number of aromatic nitrogens is 2. The molecule has 1 aromatic rings. The standard InChI is InChI=1S/C13H16N2O6S/c1-3-20-11(18)8(16)7-9(10(17)12(19)21-4-2)22-13-14-5-6-15-13/h5-6,17H,3-4,7H2,1-2H3,(H,14,15). The molecule has 0 spiro atoms. The van der Waals surface area contributed by atoms with Gasteiger partial charge in [-0.05, 0) is 13.8 Å². The van der Waals surface area contributed by atoms with E-state index in [-0.39, 0.29) is 18.1 Å². The zero-order valence-electron chi connectivity index (χ0n) is 12.1. The molecule has 2 N–H and O–H groups in total. The lowest BCUT2D eigenvalue weighted by Gasteiger charge is -2.08. The summed E-state index contributed by atoms with van der Waals surface area (Å²) >= 11 is 0.855. The van der Waals surface area contributed by atoms with Crippen LogP contribution in [0.5, 0.6) is 0 Å². The first-order valence-corrected chi connectivity index (χ1v) is 7.27. The normalized spacial score (nSPS) is 11.5. The van der Waals surface area contributed by atoms with Crippen molar-refractivity contribution in [1.82, 2.24) is 9.97 Å². The molecule has 22 heavy (non-hydrogen) atoms. The number of Topliss-reactive ketones (excluding diaryl/α,β-unsaturated/α-hetero) is 1. The third kappa shape index (κ3) is 5.24. The molecule has 0 radical (unpaired) electrons. The molecule has 0 unspecified atom stereocenters. The molecule has 0 saturated carbocycles. The summed E-state index contributed by atoms with van der Waals surface area (Å²) in [5.74, 6) is -3.63. The summed E-state index contributed by atoms with van der Waals surface area (Å²) in [7, 11) is 0. The predicted molar refractivity (Wildman–Crippen MR) is 77.0 cm³/mol. The monoisotopic (exact) mass is 328 g/mol.